The summed E-state index contributed by atoms with van der Waals surface area (Å²) in [7, 11) is 1.60. The number of methoxy groups -OCH3 is 1. The Hall–Kier alpha value is -1.59. The van der Waals surface area contributed by atoms with Gasteiger partial charge in [-0.1, -0.05) is 0 Å². The van der Waals surface area contributed by atoms with E-state index in [0.29, 0.717) is 39.0 Å². The largest absolute Gasteiger partial charge is 0.444 e. The number of piperazine rings is 1. The van der Waals surface area contributed by atoms with Crippen LogP contribution in [0.1, 0.15) is 59.3 Å². The van der Waals surface area contributed by atoms with Gasteiger partial charge in [0.05, 0.1) is 36.6 Å². The van der Waals surface area contributed by atoms with Gasteiger partial charge in [0.1, 0.15) is 5.60 Å². The Balaban J connectivity index is 1.44. The summed E-state index contributed by atoms with van der Waals surface area (Å²) in [6, 6.07) is -0.701. The fourth-order valence-electron chi connectivity index (χ4n) is 6.28. The summed E-state index contributed by atoms with van der Waals surface area (Å²) < 4.78 is 57.6. The van der Waals surface area contributed by atoms with Gasteiger partial charge in [-0.25, -0.2) is 4.79 Å². The predicted octanol–water partition coefficient (Wildman–Crippen LogP) is 3.09. The van der Waals surface area contributed by atoms with Crippen molar-refractivity contribution in [3.05, 3.63) is 0 Å². The molecule has 0 spiro atoms. The van der Waals surface area contributed by atoms with Gasteiger partial charge < -0.3 is 29.3 Å². The van der Waals surface area contributed by atoms with Gasteiger partial charge in [0.2, 0.25) is 5.91 Å². The molecule has 4 rings (SSSR count). The summed E-state index contributed by atoms with van der Waals surface area (Å²) in [6.45, 7) is 6.93. The number of halogens is 3. The summed E-state index contributed by atoms with van der Waals surface area (Å²) >= 11 is 0. The Morgan fingerprint density at radius 1 is 1.11 bits per heavy atom. The molecule has 2 amide bonds. The first-order valence-electron chi connectivity index (χ1n) is 12.5. The maximum Gasteiger partial charge on any atom is 0.410 e. The van der Waals surface area contributed by atoms with Crippen molar-refractivity contribution < 1.29 is 37.0 Å². The molecule has 4 fully saturated rings. The molecule has 35 heavy (non-hydrogen) atoms. The van der Waals surface area contributed by atoms with E-state index in [1.165, 1.54) is 0 Å². The maximum atomic E-state index is 13.7. The highest BCUT2D eigenvalue weighted by Crippen LogP contribution is 2.49. The number of fused-ring (bicyclic) bond motifs is 2. The molecule has 3 heterocycles. The summed E-state index contributed by atoms with van der Waals surface area (Å²) in [5.74, 6) is -0.425. The van der Waals surface area contributed by atoms with E-state index < -0.39 is 35.6 Å². The quantitative estimate of drug-likeness (QED) is 0.619. The molecule has 3 aliphatic heterocycles. The lowest BCUT2D eigenvalue weighted by atomic mass is 9.80. The average molecular weight is 506 g/mol. The van der Waals surface area contributed by atoms with Gasteiger partial charge in [0.15, 0.2) is 0 Å². The first-order valence-corrected chi connectivity index (χ1v) is 12.5. The Labute approximate surface area is 204 Å². The molecule has 8 nitrogen and oxygen atoms in total. The average Bonchev–Trinajstić information content (AvgIpc) is 3.46. The van der Waals surface area contributed by atoms with Crippen LogP contribution in [0, 0.1) is 5.41 Å². The van der Waals surface area contributed by atoms with Crippen molar-refractivity contribution >= 4 is 12.0 Å². The maximum absolute atomic E-state index is 13.7. The van der Waals surface area contributed by atoms with Crippen molar-refractivity contribution in [1.82, 2.24) is 15.1 Å². The summed E-state index contributed by atoms with van der Waals surface area (Å²) in [5, 5.41) is 3.47. The van der Waals surface area contributed by atoms with Crippen LogP contribution in [0.4, 0.5) is 18.0 Å². The minimum Gasteiger partial charge on any atom is -0.444 e. The zero-order valence-electron chi connectivity index (χ0n) is 21.0. The number of nitrogens with one attached hydrogen (secondary N) is 1. The van der Waals surface area contributed by atoms with Crippen molar-refractivity contribution in [2.45, 2.75) is 101 Å². The van der Waals surface area contributed by atoms with Crippen LogP contribution in [0.5, 0.6) is 0 Å². The number of rotatable bonds is 5. The third-order valence-electron chi connectivity index (χ3n) is 7.79. The SMILES string of the molecule is CO[C@@H]1COCC[C@@H]1N[C@@H]1CC[C@](CC(F)(F)F)(C(=O)N2C[C@@H]3C[C@H]2CN3C(=O)OC(C)(C)C)C1. The van der Waals surface area contributed by atoms with Crippen molar-refractivity contribution in [1.29, 1.82) is 0 Å². The third-order valence-corrected chi connectivity index (χ3v) is 7.79. The highest BCUT2D eigenvalue weighted by atomic mass is 19.4. The minimum absolute atomic E-state index is 0.0132. The van der Waals surface area contributed by atoms with E-state index in [9.17, 15) is 22.8 Å². The molecule has 1 aliphatic carbocycles. The lowest BCUT2D eigenvalue weighted by Gasteiger charge is -2.40. The first-order chi connectivity index (χ1) is 16.3. The second-order valence-corrected chi connectivity index (χ2v) is 11.6. The van der Waals surface area contributed by atoms with Crippen molar-refractivity contribution in [3.8, 4) is 0 Å². The second kappa shape index (κ2) is 9.70. The monoisotopic (exact) mass is 505 g/mol. The smallest absolute Gasteiger partial charge is 0.410 e. The fourth-order valence-corrected chi connectivity index (χ4v) is 6.28. The van der Waals surface area contributed by atoms with E-state index in [1.807, 2.05) is 0 Å². The van der Waals surface area contributed by atoms with Gasteiger partial charge in [-0.2, -0.15) is 13.2 Å². The highest BCUT2D eigenvalue weighted by molar-refractivity contribution is 5.84. The number of amides is 2. The molecular formula is C24H38F3N3O5. The Bertz CT molecular complexity index is 804. The van der Waals surface area contributed by atoms with Crippen LogP contribution >= 0.6 is 0 Å². The first kappa shape index (κ1) is 26.5. The summed E-state index contributed by atoms with van der Waals surface area (Å²) in [4.78, 5) is 29.5. The Morgan fingerprint density at radius 3 is 2.40 bits per heavy atom. The molecule has 6 atom stereocenters. The van der Waals surface area contributed by atoms with Crippen LogP contribution in [0.3, 0.4) is 0 Å². The molecule has 3 saturated heterocycles. The van der Waals surface area contributed by atoms with E-state index in [0.717, 1.165) is 0 Å². The van der Waals surface area contributed by atoms with E-state index in [2.05, 4.69) is 5.32 Å². The standard InChI is InChI=1S/C24H38F3N3O5/c1-22(2,3)35-21(32)30-12-16-9-17(30)11-29(16)20(31)23(14-24(25,26)27)7-5-15(10-23)28-18-6-8-34-13-19(18)33-4/h15-19,28H,5-14H2,1-4H3/t15-,16+,17+,18+,19-,23+/m1/s1. The van der Waals surface area contributed by atoms with E-state index in [1.54, 1.807) is 37.7 Å². The van der Waals surface area contributed by atoms with Gasteiger partial charge in [0.25, 0.3) is 0 Å². The van der Waals surface area contributed by atoms with Gasteiger partial charge in [-0.3, -0.25) is 4.79 Å². The minimum atomic E-state index is -4.44. The lowest BCUT2D eigenvalue weighted by Crippen LogP contribution is -2.55. The Morgan fingerprint density at radius 2 is 1.80 bits per heavy atom. The predicted molar refractivity (Wildman–Crippen MR) is 121 cm³/mol. The molecule has 0 aromatic heterocycles. The van der Waals surface area contributed by atoms with Crippen LogP contribution in [0.15, 0.2) is 0 Å². The normalized spacial score (nSPS) is 35.6. The summed E-state index contributed by atoms with van der Waals surface area (Å²) in [5.41, 5.74) is -2.12. The summed E-state index contributed by atoms with van der Waals surface area (Å²) in [6.07, 6.45) is -4.04. The van der Waals surface area contributed by atoms with Crippen molar-refractivity contribution in [2.75, 3.05) is 33.4 Å². The lowest BCUT2D eigenvalue weighted by molar-refractivity contribution is -0.175. The molecule has 1 N–H and O–H groups in total. The van der Waals surface area contributed by atoms with Crippen LogP contribution in [-0.4, -0.2) is 97.3 Å². The number of ether oxygens (including phenoxy) is 3. The topological polar surface area (TPSA) is 80.3 Å². The van der Waals surface area contributed by atoms with Gasteiger partial charge in [0, 0.05) is 38.9 Å². The van der Waals surface area contributed by atoms with Gasteiger partial charge in [-0.15, -0.1) is 0 Å². The van der Waals surface area contributed by atoms with Gasteiger partial charge >= 0.3 is 12.3 Å². The number of carbonyl (C=O) groups is 2. The molecule has 0 aromatic carbocycles. The zero-order valence-corrected chi connectivity index (χ0v) is 21.0. The zero-order chi connectivity index (χ0) is 25.6. The van der Waals surface area contributed by atoms with Crippen molar-refractivity contribution in [3.63, 3.8) is 0 Å². The molecule has 1 saturated carbocycles. The number of likely N-dealkylation sites (tertiary alicyclic amines) is 2. The second-order valence-electron chi connectivity index (χ2n) is 11.6. The molecular weight excluding hydrogens is 467 g/mol. The van der Waals surface area contributed by atoms with Crippen molar-refractivity contribution in [2.24, 2.45) is 5.41 Å². The molecule has 0 radical (unpaired) electrons. The molecule has 200 valence electrons. The Kier molecular flexibility index (Phi) is 7.34. The fraction of sp³-hybridized carbons (Fsp3) is 0.917. The molecule has 0 unspecified atom stereocenters. The molecule has 0 aromatic rings. The van der Waals surface area contributed by atoms with Crippen LogP contribution in [0.25, 0.3) is 0 Å². The number of carbonyl (C=O) groups excluding carboxylic acids is 2. The number of nitrogens with zero attached hydrogens (tertiary/aromatic N) is 2. The van der Waals surface area contributed by atoms with E-state index in [-0.39, 0.29) is 49.7 Å². The van der Waals surface area contributed by atoms with Crippen LogP contribution < -0.4 is 5.32 Å². The molecule has 2 bridgehead atoms. The molecule has 11 heteroatoms. The van der Waals surface area contributed by atoms with Crippen LogP contribution in [-0.2, 0) is 19.0 Å². The van der Waals surface area contributed by atoms with E-state index >= 15 is 0 Å². The van der Waals surface area contributed by atoms with Gasteiger partial charge in [-0.05, 0) is 52.9 Å². The van der Waals surface area contributed by atoms with Crippen LogP contribution in [0.2, 0.25) is 0 Å². The number of hydrogen-bond donors (Lipinski definition) is 1. The number of alkyl halides is 3. The third kappa shape index (κ3) is 5.88. The highest BCUT2D eigenvalue weighted by Gasteiger charge is 2.57. The molecule has 4 aliphatic rings. The number of hydrogen-bond acceptors (Lipinski definition) is 6. The van der Waals surface area contributed by atoms with E-state index in [4.69, 9.17) is 14.2 Å².